The second kappa shape index (κ2) is 5.55. The van der Waals surface area contributed by atoms with Crippen LogP contribution < -0.4 is 0 Å². The van der Waals surface area contributed by atoms with Gasteiger partial charge in [-0.25, -0.2) is 4.68 Å². The Balaban J connectivity index is 1.92. The van der Waals surface area contributed by atoms with Gasteiger partial charge in [0, 0.05) is 10.0 Å². The number of aliphatic carboxylic acids is 1. The minimum atomic E-state index is -0.753. The van der Waals surface area contributed by atoms with E-state index in [1.54, 1.807) is 4.68 Å². The van der Waals surface area contributed by atoms with Crippen molar-refractivity contribution < 1.29 is 9.90 Å². The molecule has 0 bridgehead atoms. The summed E-state index contributed by atoms with van der Waals surface area (Å²) in [5, 5.41) is 21.3. The predicted molar refractivity (Wildman–Crippen MR) is 79.5 cm³/mol. The van der Waals surface area contributed by atoms with Gasteiger partial charge < -0.3 is 5.11 Å². The highest BCUT2D eigenvalue weighted by molar-refractivity contribution is 9.10. The van der Waals surface area contributed by atoms with Crippen LogP contribution in [0.2, 0.25) is 0 Å². The van der Waals surface area contributed by atoms with Crippen molar-refractivity contribution in [2.24, 2.45) is 5.41 Å². The molecule has 0 spiro atoms. The van der Waals surface area contributed by atoms with Crippen molar-refractivity contribution in [3.8, 4) is 11.4 Å². The van der Waals surface area contributed by atoms with E-state index >= 15 is 0 Å². The zero-order valence-corrected chi connectivity index (χ0v) is 13.0. The topological polar surface area (TPSA) is 80.9 Å². The van der Waals surface area contributed by atoms with Crippen molar-refractivity contribution in [3.05, 3.63) is 28.7 Å². The van der Waals surface area contributed by atoms with Gasteiger partial charge >= 0.3 is 5.97 Å². The number of hydrogen-bond donors (Lipinski definition) is 1. The van der Waals surface area contributed by atoms with Gasteiger partial charge in [-0.3, -0.25) is 4.79 Å². The molecule has 2 aromatic rings. The highest BCUT2D eigenvalue weighted by Gasteiger charge is 2.42. The second-order valence-corrected chi connectivity index (χ2v) is 6.38. The molecule has 3 rings (SSSR count). The van der Waals surface area contributed by atoms with E-state index in [0.717, 1.165) is 22.9 Å². The van der Waals surface area contributed by atoms with Gasteiger partial charge in [-0.1, -0.05) is 40.9 Å². The van der Waals surface area contributed by atoms with Crippen LogP contribution in [0.4, 0.5) is 0 Å². The number of carbonyl (C=O) groups is 1. The first-order chi connectivity index (χ1) is 10.1. The second-order valence-electron chi connectivity index (χ2n) is 5.46. The van der Waals surface area contributed by atoms with Crippen LogP contribution in [0, 0.1) is 5.41 Å². The number of benzene rings is 1. The maximum atomic E-state index is 11.7. The molecule has 0 saturated heterocycles. The molecule has 1 aliphatic rings. The third-order valence-electron chi connectivity index (χ3n) is 4.10. The molecular weight excluding hydrogens is 336 g/mol. The molecule has 0 atom stereocenters. The number of tetrazole rings is 1. The summed E-state index contributed by atoms with van der Waals surface area (Å²) in [6.45, 7) is 0.320. The fourth-order valence-corrected chi connectivity index (χ4v) is 3.16. The largest absolute Gasteiger partial charge is 0.481 e. The average molecular weight is 351 g/mol. The minimum absolute atomic E-state index is 0.320. The van der Waals surface area contributed by atoms with Crippen LogP contribution in [0.15, 0.2) is 28.7 Å². The van der Waals surface area contributed by atoms with Gasteiger partial charge in [-0.2, -0.15) is 0 Å². The zero-order chi connectivity index (χ0) is 14.9. The van der Waals surface area contributed by atoms with Crippen molar-refractivity contribution in [1.29, 1.82) is 0 Å². The molecule has 1 saturated carbocycles. The van der Waals surface area contributed by atoms with E-state index in [1.807, 2.05) is 24.3 Å². The number of halogens is 1. The van der Waals surface area contributed by atoms with Crippen LogP contribution >= 0.6 is 15.9 Å². The lowest BCUT2D eigenvalue weighted by molar-refractivity contribution is -0.149. The summed E-state index contributed by atoms with van der Waals surface area (Å²) in [5.41, 5.74) is 0.140. The Morgan fingerprint density at radius 3 is 2.57 bits per heavy atom. The summed E-state index contributed by atoms with van der Waals surface area (Å²) in [6.07, 6.45) is 3.26. The van der Waals surface area contributed by atoms with E-state index in [2.05, 4.69) is 31.5 Å². The minimum Gasteiger partial charge on any atom is -0.481 e. The van der Waals surface area contributed by atoms with Gasteiger partial charge in [-0.05, 0) is 35.4 Å². The normalized spacial score (nSPS) is 17.0. The molecule has 0 unspecified atom stereocenters. The summed E-state index contributed by atoms with van der Waals surface area (Å²) >= 11 is 3.39. The summed E-state index contributed by atoms with van der Waals surface area (Å²) < 4.78 is 2.59. The molecule has 1 fully saturated rings. The van der Waals surface area contributed by atoms with Crippen LogP contribution in [-0.2, 0) is 11.3 Å². The lowest BCUT2D eigenvalue weighted by atomic mass is 9.86. The summed E-state index contributed by atoms with van der Waals surface area (Å²) in [7, 11) is 0. The van der Waals surface area contributed by atoms with E-state index in [-0.39, 0.29) is 0 Å². The molecule has 0 radical (unpaired) electrons. The molecule has 110 valence electrons. The van der Waals surface area contributed by atoms with E-state index in [1.165, 1.54) is 0 Å². The molecule has 7 heteroatoms. The molecule has 21 heavy (non-hydrogen) atoms. The first-order valence-electron chi connectivity index (χ1n) is 6.86. The number of rotatable bonds is 4. The highest BCUT2D eigenvalue weighted by atomic mass is 79.9. The van der Waals surface area contributed by atoms with E-state index < -0.39 is 11.4 Å². The molecule has 0 amide bonds. The molecule has 1 aromatic carbocycles. The smallest absolute Gasteiger partial charge is 0.311 e. The van der Waals surface area contributed by atoms with Gasteiger partial charge in [0.2, 0.25) is 0 Å². The van der Waals surface area contributed by atoms with Crippen molar-refractivity contribution in [2.45, 2.75) is 32.2 Å². The van der Waals surface area contributed by atoms with Gasteiger partial charge in [0.25, 0.3) is 0 Å². The Labute approximate surface area is 130 Å². The van der Waals surface area contributed by atoms with Crippen molar-refractivity contribution in [3.63, 3.8) is 0 Å². The molecule has 1 N–H and O–H groups in total. The molecular formula is C14H15BrN4O2. The predicted octanol–water partition coefficient (Wildman–Crippen LogP) is 2.75. The lowest BCUT2D eigenvalue weighted by Gasteiger charge is -2.23. The monoisotopic (exact) mass is 350 g/mol. The Hall–Kier alpha value is -1.76. The Bertz CT molecular complexity index is 647. The zero-order valence-electron chi connectivity index (χ0n) is 11.4. The summed E-state index contributed by atoms with van der Waals surface area (Å²) in [4.78, 5) is 11.7. The van der Waals surface area contributed by atoms with Gasteiger partial charge in [0.15, 0.2) is 5.82 Å². The third-order valence-corrected chi connectivity index (χ3v) is 4.63. The number of carboxylic acids is 1. The average Bonchev–Trinajstić information content (AvgIpc) is 3.10. The lowest BCUT2D eigenvalue weighted by Crippen LogP contribution is -2.33. The van der Waals surface area contributed by atoms with Crippen LogP contribution in [-0.4, -0.2) is 31.3 Å². The van der Waals surface area contributed by atoms with Crippen LogP contribution in [0.3, 0.4) is 0 Å². The first kappa shape index (κ1) is 14.2. The Morgan fingerprint density at radius 2 is 1.95 bits per heavy atom. The number of nitrogens with zero attached hydrogens (tertiary/aromatic N) is 4. The van der Waals surface area contributed by atoms with E-state index in [0.29, 0.717) is 25.2 Å². The maximum absolute atomic E-state index is 11.7. The molecule has 1 heterocycles. The third kappa shape index (κ3) is 2.70. The molecule has 1 aliphatic carbocycles. The highest BCUT2D eigenvalue weighted by Crippen LogP contribution is 2.40. The summed E-state index contributed by atoms with van der Waals surface area (Å²) in [5.74, 6) is -0.146. The van der Waals surface area contributed by atoms with Crippen LogP contribution in [0.1, 0.15) is 25.7 Å². The Morgan fingerprint density at radius 1 is 1.29 bits per heavy atom. The van der Waals surface area contributed by atoms with Gasteiger partial charge in [0.1, 0.15) is 0 Å². The fourth-order valence-electron chi connectivity index (χ4n) is 2.89. The fraction of sp³-hybridized carbons (Fsp3) is 0.429. The number of aromatic nitrogens is 4. The molecule has 1 aromatic heterocycles. The van der Waals surface area contributed by atoms with Gasteiger partial charge in [-0.15, -0.1) is 5.10 Å². The van der Waals surface area contributed by atoms with Crippen molar-refractivity contribution in [1.82, 2.24) is 20.2 Å². The number of hydrogen-bond acceptors (Lipinski definition) is 4. The SMILES string of the molecule is O=C(O)C1(Cn2nnnc2-c2ccc(Br)cc2)CCCC1. The van der Waals surface area contributed by atoms with Crippen LogP contribution in [0.25, 0.3) is 11.4 Å². The van der Waals surface area contributed by atoms with Crippen molar-refractivity contribution in [2.75, 3.05) is 0 Å². The van der Waals surface area contributed by atoms with Crippen molar-refractivity contribution >= 4 is 21.9 Å². The molecule has 6 nitrogen and oxygen atoms in total. The summed E-state index contributed by atoms with van der Waals surface area (Å²) in [6, 6.07) is 7.65. The quantitative estimate of drug-likeness (QED) is 0.916. The first-order valence-corrected chi connectivity index (χ1v) is 7.66. The van der Waals surface area contributed by atoms with Crippen LogP contribution in [0.5, 0.6) is 0 Å². The van der Waals surface area contributed by atoms with E-state index in [4.69, 9.17) is 0 Å². The maximum Gasteiger partial charge on any atom is 0.311 e. The number of carboxylic acid groups (broad SMARTS) is 1. The van der Waals surface area contributed by atoms with E-state index in [9.17, 15) is 9.90 Å². The standard InChI is InChI=1S/C14H15BrN4O2/c15-11-5-3-10(4-6-11)12-16-17-18-19(12)9-14(13(20)21)7-1-2-8-14/h3-6H,1-2,7-9H2,(H,20,21). The van der Waals surface area contributed by atoms with Gasteiger partial charge in [0.05, 0.1) is 12.0 Å². The Kier molecular flexibility index (Phi) is 3.75. The molecule has 0 aliphatic heterocycles.